The highest BCUT2D eigenvalue weighted by molar-refractivity contribution is 6.45. The number of carboxylic acids is 1. The van der Waals surface area contributed by atoms with Crippen molar-refractivity contribution in [3.8, 4) is 0 Å². The zero-order valence-electron chi connectivity index (χ0n) is 23.7. The van der Waals surface area contributed by atoms with E-state index in [0.29, 0.717) is 29.2 Å². The summed E-state index contributed by atoms with van der Waals surface area (Å²) >= 11 is 0. The molecular weight excluding hydrogens is 538 g/mol. The van der Waals surface area contributed by atoms with Gasteiger partial charge in [-0.3, -0.25) is 14.5 Å². The van der Waals surface area contributed by atoms with Crippen molar-refractivity contribution in [3.63, 3.8) is 0 Å². The first kappa shape index (κ1) is 28.4. The highest BCUT2D eigenvalue weighted by atomic mass is 16.6. The number of carbonyl (C=O) groups is 2. The maximum Gasteiger partial charge on any atom is 0.344 e. The van der Waals surface area contributed by atoms with E-state index in [1.54, 1.807) is 16.7 Å². The smallest absolute Gasteiger partial charge is 0.344 e. The molecule has 1 aromatic carbocycles. The van der Waals surface area contributed by atoms with Crippen molar-refractivity contribution in [2.75, 3.05) is 6.61 Å². The van der Waals surface area contributed by atoms with Crippen LogP contribution in [0.2, 0.25) is 0 Å². The van der Waals surface area contributed by atoms with Gasteiger partial charge in [0.2, 0.25) is 6.61 Å². The lowest BCUT2D eigenvalue weighted by Crippen LogP contribution is -2.58. The Bertz CT molecular complexity index is 1470. The minimum atomic E-state index is -1.31. The van der Waals surface area contributed by atoms with Crippen molar-refractivity contribution in [3.05, 3.63) is 50.8 Å². The third-order valence-electron chi connectivity index (χ3n) is 9.85. The number of benzene rings is 1. The molecule has 4 bridgehead atoms. The zero-order chi connectivity index (χ0) is 29.2. The van der Waals surface area contributed by atoms with Crippen LogP contribution in [-0.4, -0.2) is 61.9 Å². The first-order valence-electron chi connectivity index (χ1n) is 15.2. The lowest BCUT2D eigenvalue weighted by molar-refractivity contribution is -0.142. The molecule has 1 N–H and O–H groups in total. The van der Waals surface area contributed by atoms with Gasteiger partial charge < -0.3 is 14.5 Å². The van der Waals surface area contributed by atoms with Crippen LogP contribution in [0.1, 0.15) is 88.8 Å². The number of oxime groups is 1. The molecule has 2 aromatic rings. The molecule has 2 saturated heterocycles. The number of piperidine rings is 2. The molecule has 3 heterocycles. The number of hydrogen-bond acceptors (Lipinski definition) is 7. The molecule has 1 amide bonds. The highest BCUT2D eigenvalue weighted by Crippen LogP contribution is 2.47. The summed E-state index contributed by atoms with van der Waals surface area (Å²) in [6.45, 7) is -0.834. The fraction of sp³-hybridized carbons (Fsp3) is 0.633. The average Bonchev–Trinajstić information content (AvgIpc) is 3.13. The van der Waals surface area contributed by atoms with Crippen LogP contribution in [-0.2, 0) is 14.4 Å². The van der Waals surface area contributed by atoms with E-state index in [-0.39, 0.29) is 11.7 Å². The average molecular weight is 576 g/mol. The number of aromatic nitrogens is 2. The van der Waals surface area contributed by atoms with Crippen LogP contribution >= 0.6 is 0 Å². The van der Waals surface area contributed by atoms with Gasteiger partial charge in [-0.25, -0.2) is 9.78 Å². The van der Waals surface area contributed by atoms with E-state index in [4.69, 9.17) is 15.5 Å². The Kier molecular flexibility index (Phi) is 8.26. The molecule has 6 rings (SSSR count). The fourth-order valence-corrected chi connectivity index (χ4v) is 8.40. The SMILES string of the molecule is [N-]=[N+]=NC(=O)/C(=N/OCC(=O)O)c1nc2ccccc2n(C2C[C@H]3CCC[C@@H](C2)N3C2CC3CCCCC(C3)C2)c1=O. The molecule has 2 saturated carbocycles. The normalized spacial score (nSPS) is 29.8. The number of carboxylic acid groups (broad SMARTS) is 1. The Hall–Kier alpha value is -3.76. The Labute approximate surface area is 243 Å². The summed E-state index contributed by atoms with van der Waals surface area (Å²) in [4.78, 5) is 52.4. The number of hydrogen-bond donors (Lipinski definition) is 1. The van der Waals surface area contributed by atoms with E-state index in [9.17, 15) is 14.4 Å². The Balaban J connectivity index is 1.37. The second kappa shape index (κ2) is 12.2. The van der Waals surface area contributed by atoms with Crippen LogP contribution in [0.3, 0.4) is 0 Å². The van der Waals surface area contributed by atoms with E-state index in [2.05, 4.69) is 25.1 Å². The third-order valence-corrected chi connectivity index (χ3v) is 9.85. The summed E-state index contributed by atoms with van der Waals surface area (Å²) in [6.07, 6.45) is 14.4. The Morgan fingerprint density at radius 2 is 1.64 bits per heavy atom. The van der Waals surface area contributed by atoms with Crippen LogP contribution in [0.15, 0.2) is 39.3 Å². The maximum atomic E-state index is 14.2. The summed E-state index contributed by atoms with van der Waals surface area (Å²) in [7, 11) is 0. The molecule has 1 aromatic heterocycles. The molecule has 0 spiro atoms. The number of amides is 1. The Morgan fingerprint density at radius 3 is 2.31 bits per heavy atom. The summed E-state index contributed by atoms with van der Waals surface area (Å²) in [5.41, 5.74) is 8.56. The number of rotatable bonds is 7. The first-order valence-corrected chi connectivity index (χ1v) is 15.2. The third kappa shape index (κ3) is 5.65. The molecule has 12 heteroatoms. The summed E-state index contributed by atoms with van der Waals surface area (Å²) in [6, 6.07) is 8.51. The van der Waals surface area contributed by atoms with Gasteiger partial charge in [0, 0.05) is 29.1 Å². The van der Waals surface area contributed by atoms with Gasteiger partial charge in [-0.2, -0.15) is 0 Å². The number of fused-ring (bicyclic) bond motifs is 5. The summed E-state index contributed by atoms with van der Waals surface area (Å²) in [5.74, 6) is -0.814. The highest BCUT2D eigenvalue weighted by Gasteiger charge is 2.45. The first-order chi connectivity index (χ1) is 20.4. The van der Waals surface area contributed by atoms with Gasteiger partial charge in [-0.05, 0) is 79.6 Å². The van der Waals surface area contributed by atoms with Crippen molar-refractivity contribution in [1.82, 2.24) is 14.5 Å². The number of carbonyl (C=O) groups excluding carboxylic acids is 1. The molecule has 12 nitrogen and oxygen atoms in total. The standard InChI is InChI=1S/C30H37N7O5/c31-35-33-29(40)27(34-42-17-26(38)39)28-30(41)37(25-11-4-3-10-24(25)32-28)23-15-20-8-5-9-21(16-23)36(20)22-13-18-6-1-2-7-19(12-18)14-22/h3-4,10-11,18-23H,1-2,5-9,12-17H2,(H,38,39)/b34-27+/t18?,19?,20-,21+,22?,23?. The largest absolute Gasteiger partial charge is 0.479 e. The molecular formula is C30H37N7O5. The van der Waals surface area contributed by atoms with Gasteiger partial charge in [0.15, 0.2) is 11.4 Å². The molecule has 2 aliphatic carbocycles. The molecule has 2 aliphatic heterocycles. The minimum absolute atomic E-state index is 0.114. The molecule has 222 valence electrons. The summed E-state index contributed by atoms with van der Waals surface area (Å²) in [5, 5.41) is 15.7. The summed E-state index contributed by atoms with van der Waals surface area (Å²) < 4.78 is 1.73. The van der Waals surface area contributed by atoms with Crippen molar-refractivity contribution >= 4 is 28.6 Å². The Morgan fingerprint density at radius 1 is 0.952 bits per heavy atom. The molecule has 4 aliphatic rings. The van der Waals surface area contributed by atoms with Crippen LogP contribution in [0.25, 0.3) is 21.5 Å². The molecule has 42 heavy (non-hydrogen) atoms. The van der Waals surface area contributed by atoms with E-state index in [1.165, 1.54) is 51.4 Å². The number of para-hydroxylation sites is 2. The van der Waals surface area contributed by atoms with E-state index in [1.807, 2.05) is 12.1 Å². The molecule has 3 unspecified atom stereocenters. The minimum Gasteiger partial charge on any atom is -0.479 e. The quantitative estimate of drug-likeness (QED) is 0.160. The van der Waals surface area contributed by atoms with Gasteiger partial charge >= 0.3 is 5.97 Å². The second-order valence-corrected chi connectivity index (χ2v) is 12.4. The van der Waals surface area contributed by atoms with E-state index >= 15 is 0 Å². The van der Waals surface area contributed by atoms with Gasteiger partial charge in [0.1, 0.15) is 0 Å². The van der Waals surface area contributed by atoms with Crippen molar-refractivity contribution in [2.45, 2.75) is 101 Å². The van der Waals surface area contributed by atoms with Crippen molar-refractivity contribution < 1.29 is 19.5 Å². The van der Waals surface area contributed by atoms with Gasteiger partial charge in [0.25, 0.3) is 11.5 Å². The lowest BCUT2D eigenvalue weighted by Gasteiger charge is -2.54. The van der Waals surface area contributed by atoms with Gasteiger partial charge in [0.05, 0.1) is 11.0 Å². The maximum absolute atomic E-state index is 14.2. The molecule has 0 radical (unpaired) electrons. The fourth-order valence-electron chi connectivity index (χ4n) is 8.40. The van der Waals surface area contributed by atoms with E-state index in [0.717, 1.165) is 37.5 Å². The molecule has 5 atom stereocenters. The topological polar surface area (TPSA) is 163 Å². The molecule has 4 fully saturated rings. The predicted octanol–water partition coefficient (Wildman–Crippen LogP) is 4.96. The van der Waals surface area contributed by atoms with Crippen molar-refractivity contribution in [2.24, 2.45) is 22.1 Å². The predicted molar refractivity (Wildman–Crippen MR) is 155 cm³/mol. The van der Waals surface area contributed by atoms with Crippen LogP contribution in [0.4, 0.5) is 0 Å². The van der Waals surface area contributed by atoms with Gasteiger partial charge in [-0.15, -0.1) is 0 Å². The van der Waals surface area contributed by atoms with Crippen LogP contribution in [0.5, 0.6) is 0 Å². The second-order valence-electron chi connectivity index (χ2n) is 12.4. The van der Waals surface area contributed by atoms with Crippen LogP contribution in [0, 0.1) is 11.8 Å². The van der Waals surface area contributed by atoms with Gasteiger partial charge in [-0.1, -0.05) is 49.4 Å². The number of azide groups is 1. The number of aliphatic carboxylic acids is 1. The van der Waals surface area contributed by atoms with E-state index < -0.39 is 29.8 Å². The van der Waals surface area contributed by atoms with Crippen LogP contribution < -0.4 is 5.56 Å². The zero-order valence-corrected chi connectivity index (χ0v) is 23.7. The van der Waals surface area contributed by atoms with Crippen molar-refractivity contribution in [1.29, 1.82) is 0 Å². The lowest BCUT2D eigenvalue weighted by atomic mass is 9.73. The monoisotopic (exact) mass is 575 g/mol. The number of nitrogens with zero attached hydrogens (tertiary/aromatic N) is 7.